The van der Waals surface area contributed by atoms with Crippen LogP contribution in [-0.4, -0.2) is 49.7 Å². The highest BCUT2D eigenvalue weighted by molar-refractivity contribution is 5.85. The van der Waals surface area contributed by atoms with Gasteiger partial charge in [0.25, 0.3) is 5.91 Å². The highest BCUT2D eigenvalue weighted by Crippen LogP contribution is 2.29. The Balaban J connectivity index is 1.62. The van der Waals surface area contributed by atoms with E-state index in [1.54, 1.807) is 20.1 Å². The summed E-state index contributed by atoms with van der Waals surface area (Å²) >= 11 is 0. The van der Waals surface area contributed by atoms with Crippen molar-refractivity contribution in [1.29, 1.82) is 0 Å². The van der Waals surface area contributed by atoms with E-state index in [2.05, 4.69) is 5.32 Å². The summed E-state index contributed by atoms with van der Waals surface area (Å²) in [5, 5.41) is 3.28. The third-order valence-corrected chi connectivity index (χ3v) is 5.53. The molecular weight excluding hydrogens is 307 g/mol. The second-order valence-corrected chi connectivity index (χ2v) is 7.14. The van der Waals surface area contributed by atoms with Gasteiger partial charge in [0.2, 0.25) is 0 Å². The first-order chi connectivity index (χ1) is 11.5. The Morgan fingerprint density at radius 2 is 2.17 bits per heavy atom. The van der Waals surface area contributed by atoms with Crippen molar-refractivity contribution in [3.05, 3.63) is 35.1 Å². The van der Waals surface area contributed by atoms with Crippen molar-refractivity contribution < 1.29 is 13.9 Å². The predicted molar refractivity (Wildman–Crippen MR) is 91.4 cm³/mol. The minimum atomic E-state index is -0.657. The number of likely N-dealkylation sites (tertiary alicyclic amines) is 1. The quantitative estimate of drug-likeness (QED) is 0.919. The van der Waals surface area contributed by atoms with Crippen LogP contribution in [0.1, 0.15) is 30.4 Å². The Bertz CT molecular complexity index is 599. The van der Waals surface area contributed by atoms with E-state index in [-0.39, 0.29) is 11.7 Å². The second-order valence-electron chi connectivity index (χ2n) is 7.14. The summed E-state index contributed by atoms with van der Waals surface area (Å²) in [5.41, 5.74) is 1.03. The van der Waals surface area contributed by atoms with Crippen LogP contribution < -0.4 is 5.32 Å². The summed E-state index contributed by atoms with van der Waals surface area (Å²) in [6, 6.07) is 5.45. The molecule has 132 valence electrons. The predicted octanol–water partition coefficient (Wildman–Crippen LogP) is 2.29. The maximum atomic E-state index is 13.7. The minimum absolute atomic E-state index is 0.129. The first kappa shape index (κ1) is 17.4. The molecule has 1 aromatic carbocycles. The first-order valence-electron chi connectivity index (χ1n) is 8.84. The average molecular weight is 334 g/mol. The van der Waals surface area contributed by atoms with Crippen LogP contribution in [0.3, 0.4) is 0 Å². The zero-order chi connectivity index (χ0) is 17.2. The molecule has 5 heteroatoms. The van der Waals surface area contributed by atoms with Gasteiger partial charge in [-0.15, -0.1) is 0 Å². The molecule has 0 spiro atoms. The number of halogens is 1. The number of carbonyl (C=O) groups is 1. The summed E-state index contributed by atoms with van der Waals surface area (Å²) in [6.07, 6.45) is 3.25. The van der Waals surface area contributed by atoms with E-state index in [0.717, 1.165) is 57.4 Å². The monoisotopic (exact) mass is 334 g/mol. The van der Waals surface area contributed by atoms with Gasteiger partial charge in [-0.3, -0.25) is 4.79 Å². The number of rotatable bonds is 4. The number of nitrogens with one attached hydrogen (secondary N) is 1. The van der Waals surface area contributed by atoms with Crippen molar-refractivity contribution in [1.82, 2.24) is 10.2 Å². The molecule has 0 aromatic heterocycles. The molecule has 1 N–H and O–H groups in total. The molecule has 0 saturated carbocycles. The molecule has 0 aliphatic carbocycles. The molecule has 2 fully saturated rings. The molecule has 1 amide bonds. The normalized spacial score (nSPS) is 23.5. The van der Waals surface area contributed by atoms with Crippen LogP contribution in [0.15, 0.2) is 18.2 Å². The van der Waals surface area contributed by atoms with Crippen molar-refractivity contribution in [3.8, 4) is 0 Å². The largest absolute Gasteiger partial charge is 0.368 e. The Labute approximate surface area is 143 Å². The number of carbonyl (C=O) groups excluding carboxylic acids is 1. The van der Waals surface area contributed by atoms with Gasteiger partial charge in [0.15, 0.2) is 0 Å². The fraction of sp³-hybridized carbons (Fsp3) is 0.632. The first-order valence-corrected chi connectivity index (χ1v) is 8.84. The van der Waals surface area contributed by atoms with Gasteiger partial charge in [-0.1, -0.05) is 12.1 Å². The topological polar surface area (TPSA) is 41.6 Å². The van der Waals surface area contributed by atoms with Crippen molar-refractivity contribution >= 4 is 5.91 Å². The second kappa shape index (κ2) is 7.19. The van der Waals surface area contributed by atoms with Crippen LogP contribution in [0.2, 0.25) is 0 Å². The van der Waals surface area contributed by atoms with Gasteiger partial charge in [0.1, 0.15) is 11.4 Å². The zero-order valence-corrected chi connectivity index (χ0v) is 14.6. The Hall–Kier alpha value is -1.46. The number of aryl methyl sites for hydroxylation is 1. The molecular formula is C19H27FN2O2. The molecule has 2 saturated heterocycles. The molecule has 1 aromatic rings. The smallest absolute Gasteiger partial charge is 0.254 e. The molecule has 1 unspecified atom stereocenters. The molecule has 0 bridgehead atoms. The minimum Gasteiger partial charge on any atom is -0.368 e. The van der Waals surface area contributed by atoms with Gasteiger partial charge in [0.05, 0.1) is 0 Å². The molecule has 2 heterocycles. The molecule has 2 aliphatic rings. The van der Waals surface area contributed by atoms with E-state index in [9.17, 15) is 9.18 Å². The van der Waals surface area contributed by atoms with Gasteiger partial charge in [-0.25, -0.2) is 4.39 Å². The van der Waals surface area contributed by atoms with Gasteiger partial charge >= 0.3 is 0 Å². The molecule has 3 rings (SSSR count). The van der Waals surface area contributed by atoms with E-state index in [4.69, 9.17) is 4.74 Å². The zero-order valence-electron chi connectivity index (χ0n) is 14.6. The maximum Gasteiger partial charge on any atom is 0.254 e. The standard InChI is InChI=1S/C19H27FN2O2/c1-14-3-4-15(12-17(14)20)11-16-5-10-22(13-16)18(23)19(24-2)6-8-21-9-7-19/h3-4,12,16,21H,5-11,13H2,1-2H3. The lowest BCUT2D eigenvalue weighted by molar-refractivity contribution is -0.157. The summed E-state index contributed by atoms with van der Waals surface area (Å²) in [7, 11) is 1.64. The summed E-state index contributed by atoms with van der Waals surface area (Å²) < 4.78 is 19.4. The number of ether oxygens (including phenoxy) is 1. The van der Waals surface area contributed by atoms with Crippen LogP contribution >= 0.6 is 0 Å². The summed E-state index contributed by atoms with van der Waals surface area (Å²) in [6.45, 7) is 4.93. The summed E-state index contributed by atoms with van der Waals surface area (Å²) in [5.74, 6) is 0.377. The fourth-order valence-corrected chi connectivity index (χ4v) is 3.90. The fourth-order valence-electron chi connectivity index (χ4n) is 3.90. The average Bonchev–Trinajstić information content (AvgIpc) is 3.06. The number of nitrogens with zero attached hydrogens (tertiary/aromatic N) is 1. The van der Waals surface area contributed by atoms with Crippen molar-refractivity contribution in [2.24, 2.45) is 5.92 Å². The number of benzene rings is 1. The lowest BCUT2D eigenvalue weighted by Crippen LogP contribution is -2.54. The van der Waals surface area contributed by atoms with Gasteiger partial charge in [0, 0.05) is 20.2 Å². The van der Waals surface area contributed by atoms with Gasteiger partial charge < -0.3 is 15.0 Å². The van der Waals surface area contributed by atoms with Crippen molar-refractivity contribution in [2.75, 3.05) is 33.3 Å². The Morgan fingerprint density at radius 3 is 2.83 bits per heavy atom. The van der Waals surface area contributed by atoms with Crippen molar-refractivity contribution in [2.45, 2.75) is 38.2 Å². The lowest BCUT2D eigenvalue weighted by atomic mass is 9.90. The van der Waals surface area contributed by atoms with Gasteiger partial charge in [-0.2, -0.15) is 0 Å². The van der Waals surface area contributed by atoms with E-state index in [1.807, 2.05) is 17.0 Å². The molecule has 1 atom stereocenters. The molecule has 24 heavy (non-hydrogen) atoms. The number of piperidine rings is 1. The highest BCUT2D eigenvalue weighted by atomic mass is 19.1. The van der Waals surface area contributed by atoms with E-state index in [1.165, 1.54) is 0 Å². The van der Waals surface area contributed by atoms with E-state index < -0.39 is 5.60 Å². The highest BCUT2D eigenvalue weighted by Gasteiger charge is 2.44. The third-order valence-electron chi connectivity index (χ3n) is 5.53. The van der Waals surface area contributed by atoms with Crippen LogP contribution in [0, 0.1) is 18.7 Å². The Kier molecular flexibility index (Phi) is 5.21. The number of hydrogen-bond acceptors (Lipinski definition) is 3. The van der Waals surface area contributed by atoms with Crippen LogP contribution in [0.25, 0.3) is 0 Å². The number of methoxy groups -OCH3 is 1. The Morgan fingerprint density at radius 1 is 1.42 bits per heavy atom. The summed E-state index contributed by atoms with van der Waals surface area (Å²) in [4.78, 5) is 14.9. The van der Waals surface area contributed by atoms with E-state index in [0.29, 0.717) is 11.5 Å². The number of amides is 1. The lowest BCUT2D eigenvalue weighted by Gasteiger charge is -2.37. The third kappa shape index (κ3) is 3.47. The van der Waals surface area contributed by atoms with Crippen LogP contribution in [0.4, 0.5) is 4.39 Å². The number of hydrogen-bond donors (Lipinski definition) is 1. The SMILES string of the molecule is COC1(C(=O)N2CCC(Cc3ccc(C)c(F)c3)C2)CCNCC1. The molecule has 2 aliphatic heterocycles. The molecule has 4 nitrogen and oxygen atoms in total. The van der Waals surface area contributed by atoms with Crippen LogP contribution in [0.5, 0.6) is 0 Å². The maximum absolute atomic E-state index is 13.7. The molecule has 0 radical (unpaired) electrons. The van der Waals surface area contributed by atoms with Crippen molar-refractivity contribution in [3.63, 3.8) is 0 Å². The van der Waals surface area contributed by atoms with E-state index >= 15 is 0 Å². The van der Waals surface area contributed by atoms with Crippen LogP contribution in [-0.2, 0) is 16.0 Å². The van der Waals surface area contributed by atoms with Gasteiger partial charge in [-0.05, 0) is 68.8 Å².